The quantitative estimate of drug-likeness (QED) is 0.791. The van der Waals surface area contributed by atoms with Crippen LogP contribution in [-0.4, -0.2) is 28.8 Å². The number of halogens is 1. The highest BCUT2D eigenvalue weighted by atomic mass is 79.9. The maximum atomic E-state index is 4.64. The van der Waals surface area contributed by atoms with Crippen LogP contribution < -0.4 is 4.90 Å². The Labute approximate surface area is 116 Å². The third kappa shape index (κ3) is 3.05. The number of amidine groups is 1. The molecule has 0 aliphatic carbocycles. The van der Waals surface area contributed by atoms with Gasteiger partial charge in [0.1, 0.15) is 0 Å². The van der Waals surface area contributed by atoms with Crippen LogP contribution in [0.2, 0.25) is 0 Å². The molecule has 0 N–H and O–H groups in total. The largest absolute Gasteiger partial charge is 0.322 e. The van der Waals surface area contributed by atoms with Crippen molar-refractivity contribution < 1.29 is 0 Å². The van der Waals surface area contributed by atoms with E-state index in [1.165, 1.54) is 11.3 Å². The number of benzene rings is 1. The molecule has 0 fully saturated rings. The molecule has 1 aromatic carbocycles. The summed E-state index contributed by atoms with van der Waals surface area (Å²) in [5.74, 6) is 0. The van der Waals surface area contributed by atoms with Crippen LogP contribution in [0.1, 0.15) is 12.5 Å². The van der Waals surface area contributed by atoms with Gasteiger partial charge in [-0.05, 0) is 31.5 Å². The molecule has 0 bridgehead atoms. The lowest BCUT2D eigenvalue weighted by Crippen LogP contribution is -2.27. The summed E-state index contributed by atoms with van der Waals surface area (Å²) < 4.78 is 0. The molecule has 4 heteroatoms. The van der Waals surface area contributed by atoms with Crippen molar-refractivity contribution in [2.75, 3.05) is 23.3 Å². The van der Waals surface area contributed by atoms with Gasteiger partial charge in [0.25, 0.3) is 0 Å². The molecule has 0 saturated carbocycles. The first-order valence-corrected chi connectivity index (χ1v) is 7.86. The molecule has 17 heavy (non-hydrogen) atoms. The summed E-state index contributed by atoms with van der Waals surface area (Å²) in [6.07, 6.45) is 0. The van der Waals surface area contributed by atoms with Crippen molar-refractivity contribution in [3.05, 3.63) is 29.8 Å². The predicted octanol–water partition coefficient (Wildman–Crippen LogP) is 3.69. The van der Waals surface area contributed by atoms with Gasteiger partial charge in [-0.1, -0.05) is 39.8 Å². The minimum atomic E-state index is 0.587. The topological polar surface area (TPSA) is 15.6 Å². The van der Waals surface area contributed by atoms with Gasteiger partial charge >= 0.3 is 0 Å². The van der Waals surface area contributed by atoms with E-state index < -0.39 is 0 Å². The second-order valence-corrected chi connectivity index (χ2v) is 6.02. The van der Waals surface area contributed by atoms with Crippen molar-refractivity contribution in [3.8, 4) is 0 Å². The SMILES string of the molecule is CCN(C1=NCC(CBr)S1)c1cccc(C)c1. The second kappa shape index (κ2) is 5.91. The van der Waals surface area contributed by atoms with E-state index in [1.807, 2.05) is 11.8 Å². The summed E-state index contributed by atoms with van der Waals surface area (Å²) >= 11 is 5.40. The van der Waals surface area contributed by atoms with Gasteiger partial charge in [0.2, 0.25) is 0 Å². The lowest BCUT2D eigenvalue weighted by molar-refractivity contribution is 0.982. The Morgan fingerprint density at radius 2 is 2.35 bits per heavy atom. The smallest absolute Gasteiger partial charge is 0.164 e. The summed E-state index contributed by atoms with van der Waals surface area (Å²) in [6.45, 7) is 6.19. The van der Waals surface area contributed by atoms with Crippen LogP contribution in [0.25, 0.3) is 0 Å². The maximum absolute atomic E-state index is 4.64. The zero-order valence-corrected chi connectivity index (χ0v) is 12.6. The van der Waals surface area contributed by atoms with Crippen LogP contribution in [0, 0.1) is 6.92 Å². The average molecular weight is 313 g/mol. The third-order valence-electron chi connectivity index (χ3n) is 2.73. The summed E-state index contributed by atoms with van der Waals surface area (Å²) in [5, 5.41) is 2.75. The Kier molecular flexibility index (Phi) is 4.51. The number of anilines is 1. The zero-order chi connectivity index (χ0) is 12.3. The van der Waals surface area contributed by atoms with Crippen molar-refractivity contribution in [1.29, 1.82) is 0 Å². The maximum Gasteiger partial charge on any atom is 0.164 e. The number of aryl methyl sites for hydroxylation is 1. The number of aliphatic imine (C=N–C) groups is 1. The van der Waals surface area contributed by atoms with E-state index in [0.29, 0.717) is 5.25 Å². The summed E-state index contributed by atoms with van der Waals surface area (Å²) in [5.41, 5.74) is 2.54. The Balaban J connectivity index is 2.17. The van der Waals surface area contributed by atoms with Gasteiger partial charge in [0.15, 0.2) is 5.17 Å². The molecule has 0 amide bonds. The van der Waals surface area contributed by atoms with Gasteiger partial charge in [-0.3, -0.25) is 4.99 Å². The molecule has 0 saturated heterocycles. The van der Waals surface area contributed by atoms with Crippen LogP contribution in [0.3, 0.4) is 0 Å². The van der Waals surface area contributed by atoms with Gasteiger partial charge in [-0.2, -0.15) is 0 Å². The van der Waals surface area contributed by atoms with Crippen LogP contribution in [0.5, 0.6) is 0 Å². The first kappa shape index (κ1) is 13.0. The molecule has 2 rings (SSSR count). The molecule has 0 spiro atoms. The van der Waals surface area contributed by atoms with Crippen molar-refractivity contribution in [2.24, 2.45) is 4.99 Å². The molecule has 1 aliphatic heterocycles. The minimum absolute atomic E-state index is 0.587. The van der Waals surface area contributed by atoms with E-state index in [9.17, 15) is 0 Å². The normalized spacial score (nSPS) is 19.2. The van der Waals surface area contributed by atoms with Gasteiger partial charge in [0, 0.05) is 22.8 Å². The van der Waals surface area contributed by atoms with E-state index in [1.54, 1.807) is 0 Å². The first-order chi connectivity index (χ1) is 8.24. The summed E-state index contributed by atoms with van der Waals surface area (Å²) in [4.78, 5) is 6.93. The first-order valence-electron chi connectivity index (χ1n) is 5.86. The van der Waals surface area contributed by atoms with E-state index in [-0.39, 0.29) is 0 Å². The van der Waals surface area contributed by atoms with Crippen molar-refractivity contribution >= 4 is 38.5 Å². The fourth-order valence-corrected chi connectivity index (χ4v) is 3.48. The molecular formula is C13H17BrN2S. The molecule has 1 aliphatic rings. The van der Waals surface area contributed by atoms with E-state index in [2.05, 4.69) is 63.9 Å². The molecular weight excluding hydrogens is 296 g/mol. The van der Waals surface area contributed by atoms with Crippen LogP contribution >= 0.6 is 27.7 Å². The molecule has 0 radical (unpaired) electrons. The Bertz CT molecular complexity index is 420. The van der Waals surface area contributed by atoms with Gasteiger partial charge in [-0.25, -0.2) is 0 Å². The number of alkyl halides is 1. The number of hydrogen-bond donors (Lipinski definition) is 0. The lowest BCUT2D eigenvalue weighted by atomic mass is 10.2. The summed E-state index contributed by atoms with van der Waals surface area (Å²) in [7, 11) is 0. The Hall–Kier alpha value is -0.480. The highest BCUT2D eigenvalue weighted by molar-refractivity contribution is 9.09. The minimum Gasteiger partial charge on any atom is -0.322 e. The molecule has 1 atom stereocenters. The fourth-order valence-electron chi connectivity index (χ4n) is 1.86. The number of hydrogen-bond acceptors (Lipinski definition) is 3. The lowest BCUT2D eigenvalue weighted by Gasteiger charge is -2.23. The number of nitrogens with zero attached hydrogens (tertiary/aromatic N) is 2. The van der Waals surface area contributed by atoms with Gasteiger partial charge < -0.3 is 4.90 Å². The van der Waals surface area contributed by atoms with Crippen LogP contribution in [0.4, 0.5) is 5.69 Å². The Morgan fingerprint density at radius 3 is 2.94 bits per heavy atom. The van der Waals surface area contributed by atoms with E-state index in [0.717, 1.165) is 23.6 Å². The average Bonchev–Trinajstić information content (AvgIpc) is 2.79. The molecule has 0 aromatic heterocycles. The molecule has 1 unspecified atom stereocenters. The number of thioether (sulfide) groups is 1. The van der Waals surface area contributed by atoms with E-state index >= 15 is 0 Å². The Morgan fingerprint density at radius 1 is 1.53 bits per heavy atom. The van der Waals surface area contributed by atoms with E-state index in [4.69, 9.17) is 0 Å². The molecule has 1 aromatic rings. The molecule has 92 valence electrons. The molecule has 2 nitrogen and oxygen atoms in total. The highest BCUT2D eigenvalue weighted by Gasteiger charge is 2.23. The molecule has 1 heterocycles. The predicted molar refractivity (Wildman–Crippen MR) is 81.7 cm³/mol. The monoisotopic (exact) mass is 312 g/mol. The third-order valence-corrected chi connectivity index (χ3v) is 5.15. The second-order valence-electron chi connectivity index (χ2n) is 4.10. The van der Waals surface area contributed by atoms with Crippen LogP contribution in [0.15, 0.2) is 29.3 Å². The van der Waals surface area contributed by atoms with Gasteiger partial charge in [0.05, 0.1) is 6.54 Å². The standard InChI is InChI=1S/C13H17BrN2S/c1-3-16(11-6-4-5-10(2)7-11)13-15-9-12(8-14)17-13/h4-7,12H,3,8-9H2,1-2H3. The van der Waals surface area contributed by atoms with Crippen LogP contribution in [-0.2, 0) is 0 Å². The van der Waals surface area contributed by atoms with Crippen molar-refractivity contribution in [1.82, 2.24) is 0 Å². The van der Waals surface area contributed by atoms with Crippen molar-refractivity contribution in [3.63, 3.8) is 0 Å². The summed E-state index contributed by atoms with van der Waals surface area (Å²) in [6, 6.07) is 8.60. The zero-order valence-electron chi connectivity index (χ0n) is 10.2. The highest BCUT2D eigenvalue weighted by Crippen LogP contribution is 2.28. The van der Waals surface area contributed by atoms with Crippen molar-refractivity contribution in [2.45, 2.75) is 19.1 Å². The fraction of sp³-hybridized carbons (Fsp3) is 0.462. The number of rotatable bonds is 3. The van der Waals surface area contributed by atoms with Gasteiger partial charge in [-0.15, -0.1) is 0 Å².